The molecule has 6 rings (SSSR count). The summed E-state index contributed by atoms with van der Waals surface area (Å²) in [5.41, 5.74) is 3.76. The van der Waals surface area contributed by atoms with E-state index in [1.54, 1.807) is 18.6 Å². The van der Waals surface area contributed by atoms with Crippen LogP contribution >= 0.6 is 10.5 Å². The van der Waals surface area contributed by atoms with Crippen LogP contribution < -0.4 is 5.32 Å². The van der Waals surface area contributed by atoms with Crippen molar-refractivity contribution in [2.45, 2.75) is 18.5 Å². The van der Waals surface area contributed by atoms with Gasteiger partial charge in [-0.05, 0) is 52.9 Å². The lowest BCUT2D eigenvalue weighted by Gasteiger charge is -2.29. The first kappa shape index (κ1) is 24.3. The number of aliphatic hydroxyl groups excluding tert-OH is 2. The van der Waals surface area contributed by atoms with E-state index in [0.29, 0.717) is 18.9 Å². The van der Waals surface area contributed by atoms with Crippen LogP contribution in [0.25, 0.3) is 10.9 Å². The molecule has 3 heterocycles. The lowest BCUT2D eigenvalue weighted by atomic mass is 10.1. The van der Waals surface area contributed by atoms with Gasteiger partial charge in [-0.3, -0.25) is 4.68 Å². The zero-order chi connectivity index (χ0) is 26.1. The molecular weight excluding hydrogens is 501 g/mol. The second kappa shape index (κ2) is 10.4. The Morgan fingerprint density at radius 3 is 2.63 bits per heavy atom. The maximum absolute atomic E-state index is 13.6. The fourth-order valence-electron chi connectivity index (χ4n) is 4.65. The van der Waals surface area contributed by atoms with Gasteiger partial charge in [0.05, 0.1) is 36.2 Å². The summed E-state index contributed by atoms with van der Waals surface area (Å²) < 4.78 is 15.5. The Morgan fingerprint density at radius 2 is 1.82 bits per heavy atom. The van der Waals surface area contributed by atoms with Gasteiger partial charge in [0.25, 0.3) is 0 Å². The molecule has 2 unspecified atom stereocenters. The predicted octanol–water partition coefficient (Wildman–Crippen LogP) is 4.63. The van der Waals surface area contributed by atoms with Gasteiger partial charge in [-0.15, -0.1) is 10.5 Å². The van der Waals surface area contributed by atoms with Crippen LogP contribution in [0, 0.1) is 5.82 Å². The Balaban J connectivity index is 1.28. The lowest BCUT2D eigenvalue weighted by molar-refractivity contribution is 0.160. The Kier molecular flexibility index (Phi) is 6.63. The third kappa shape index (κ3) is 4.79. The number of nitrogens with zero attached hydrogens (tertiary/aromatic N) is 4. The summed E-state index contributed by atoms with van der Waals surface area (Å²) in [7, 11) is -0.673. The van der Waals surface area contributed by atoms with Crippen molar-refractivity contribution in [3.8, 4) is 0 Å². The monoisotopic (exact) mass is 527 g/mol. The highest BCUT2D eigenvalue weighted by molar-refractivity contribution is 8.19. The summed E-state index contributed by atoms with van der Waals surface area (Å²) in [6.45, 7) is 0.763. The van der Waals surface area contributed by atoms with Crippen LogP contribution in [-0.2, 0) is 13.1 Å². The van der Waals surface area contributed by atoms with Crippen LogP contribution in [0.2, 0.25) is 0 Å². The van der Waals surface area contributed by atoms with E-state index in [2.05, 4.69) is 22.5 Å². The Hall–Kier alpha value is -4.05. The van der Waals surface area contributed by atoms with Crippen LogP contribution in [0.5, 0.6) is 0 Å². The van der Waals surface area contributed by atoms with Gasteiger partial charge in [0.1, 0.15) is 17.1 Å². The van der Waals surface area contributed by atoms with Gasteiger partial charge in [-0.25, -0.2) is 9.38 Å². The second-order valence-electron chi connectivity index (χ2n) is 9.07. The minimum Gasteiger partial charge on any atom is -0.393 e. The molecule has 0 spiro atoms. The Morgan fingerprint density at radius 1 is 0.974 bits per heavy atom. The number of aromatic nitrogens is 2. The molecule has 0 amide bonds. The average molecular weight is 528 g/mol. The molecule has 2 atom stereocenters. The summed E-state index contributed by atoms with van der Waals surface area (Å²) in [4.78, 5) is 7.68. The van der Waals surface area contributed by atoms with Crippen molar-refractivity contribution < 1.29 is 14.6 Å². The fourth-order valence-corrected chi connectivity index (χ4v) is 6.46. The summed E-state index contributed by atoms with van der Waals surface area (Å²) in [6, 6.07) is 22.6. The topological polar surface area (TPSA) is 85.9 Å². The summed E-state index contributed by atoms with van der Waals surface area (Å²) in [5, 5.41) is 31.0. The van der Waals surface area contributed by atoms with E-state index >= 15 is 0 Å². The molecule has 38 heavy (non-hydrogen) atoms. The molecule has 0 saturated heterocycles. The molecule has 2 aliphatic rings. The van der Waals surface area contributed by atoms with Crippen molar-refractivity contribution in [2.24, 2.45) is 4.99 Å². The number of rotatable bonds is 8. The maximum Gasteiger partial charge on any atom is 0.142 e. The van der Waals surface area contributed by atoms with E-state index in [4.69, 9.17) is 4.99 Å². The van der Waals surface area contributed by atoms with Crippen LogP contribution in [0.4, 0.5) is 10.1 Å². The van der Waals surface area contributed by atoms with Gasteiger partial charge < -0.3 is 20.4 Å². The normalized spacial score (nSPS) is 17.4. The zero-order valence-electron chi connectivity index (χ0n) is 20.4. The number of halogens is 1. The Labute approximate surface area is 221 Å². The molecule has 0 fully saturated rings. The van der Waals surface area contributed by atoms with Gasteiger partial charge in [0, 0.05) is 23.2 Å². The van der Waals surface area contributed by atoms with Crippen molar-refractivity contribution in [3.05, 3.63) is 119 Å². The SMILES string of the molecule is OCC(O)S1=C2C(=C(Nc3ccc4c(cnn4Cc4cccc(F)c4)c3)N=CN2Cc2ccccc2)C=C1. The van der Waals surface area contributed by atoms with E-state index in [9.17, 15) is 14.6 Å². The van der Waals surface area contributed by atoms with E-state index in [1.165, 1.54) is 12.1 Å². The number of anilines is 1. The molecule has 1 aromatic heterocycles. The predicted molar refractivity (Wildman–Crippen MR) is 151 cm³/mol. The van der Waals surface area contributed by atoms with Gasteiger partial charge in [-0.2, -0.15) is 5.10 Å². The smallest absolute Gasteiger partial charge is 0.142 e. The highest BCUT2D eigenvalue weighted by Crippen LogP contribution is 2.37. The highest BCUT2D eigenvalue weighted by Gasteiger charge is 2.29. The molecule has 7 nitrogen and oxygen atoms in total. The zero-order valence-corrected chi connectivity index (χ0v) is 21.2. The summed E-state index contributed by atoms with van der Waals surface area (Å²) in [6.07, 6.45) is 5.54. The van der Waals surface area contributed by atoms with Crippen molar-refractivity contribution in [3.63, 3.8) is 0 Å². The molecule has 192 valence electrons. The summed E-state index contributed by atoms with van der Waals surface area (Å²) in [5.74, 6) is 0.411. The third-order valence-corrected chi connectivity index (χ3v) is 8.51. The standard InChI is InChI=1S/C29H26FN5O2S/c30-23-8-4-7-21(13-23)17-35-26-10-9-24(14-22(26)15-32-35)33-28-25-11-12-38(27(37)18-36)29(25)34(19-31-28)16-20-5-2-1-3-6-20/h1-15,19,27,33,36-37H,16-18H2. The number of aliphatic imine (C=N–C) groups is 1. The van der Waals surface area contributed by atoms with Gasteiger partial charge >= 0.3 is 0 Å². The van der Waals surface area contributed by atoms with Crippen LogP contribution in [-0.4, -0.2) is 48.3 Å². The van der Waals surface area contributed by atoms with Gasteiger partial charge in [-0.1, -0.05) is 42.5 Å². The number of fused-ring (bicyclic) bond motifs is 2. The molecule has 3 N–H and O–H groups in total. The molecule has 0 bridgehead atoms. The molecule has 4 aromatic rings. The molecule has 2 aliphatic heterocycles. The van der Waals surface area contributed by atoms with Crippen molar-refractivity contribution >= 4 is 38.4 Å². The van der Waals surface area contributed by atoms with Crippen molar-refractivity contribution in [2.75, 3.05) is 11.9 Å². The average Bonchev–Trinajstić information content (AvgIpc) is 3.55. The van der Waals surface area contributed by atoms with Gasteiger partial charge in [0.15, 0.2) is 0 Å². The summed E-state index contributed by atoms with van der Waals surface area (Å²) >= 11 is 0. The largest absolute Gasteiger partial charge is 0.393 e. The van der Waals surface area contributed by atoms with Crippen molar-refractivity contribution in [1.82, 2.24) is 14.7 Å². The molecule has 9 heteroatoms. The minimum absolute atomic E-state index is 0.262. The number of nitrogens with one attached hydrogen (secondary N) is 1. The van der Waals surface area contributed by atoms with Crippen LogP contribution in [0.1, 0.15) is 11.1 Å². The molecule has 0 radical (unpaired) electrons. The number of hydrogen-bond donors (Lipinski definition) is 3. The van der Waals surface area contributed by atoms with Crippen molar-refractivity contribution in [1.29, 1.82) is 0 Å². The highest BCUT2D eigenvalue weighted by atomic mass is 32.2. The van der Waals surface area contributed by atoms with Gasteiger partial charge in [0.2, 0.25) is 0 Å². The first-order valence-corrected chi connectivity index (χ1v) is 13.6. The fraction of sp³-hybridized carbons (Fsp3) is 0.138. The number of hydrogen-bond acceptors (Lipinski definition) is 6. The van der Waals surface area contributed by atoms with E-state index in [1.807, 2.05) is 63.5 Å². The first-order chi connectivity index (χ1) is 18.6. The maximum atomic E-state index is 13.6. The third-order valence-electron chi connectivity index (χ3n) is 6.45. The number of aliphatic hydroxyl groups is 2. The minimum atomic E-state index is -0.884. The van der Waals surface area contributed by atoms with Crippen LogP contribution in [0.15, 0.2) is 107 Å². The lowest BCUT2D eigenvalue weighted by Crippen LogP contribution is -2.34. The van der Waals surface area contributed by atoms with E-state index in [0.717, 1.165) is 38.3 Å². The Bertz CT molecular complexity index is 1630. The quantitative estimate of drug-likeness (QED) is 0.291. The second-order valence-corrected chi connectivity index (χ2v) is 11.0. The van der Waals surface area contributed by atoms with Crippen LogP contribution in [0.3, 0.4) is 0 Å². The first-order valence-electron chi connectivity index (χ1n) is 12.2. The van der Waals surface area contributed by atoms with E-state index < -0.39 is 15.9 Å². The van der Waals surface area contributed by atoms with E-state index in [-0.39, 0.29) is 12.4 Å². The number of benzene rings is 3. The molecule has 0 aliphatic carbocycles. The molecule has 3 aromatic carbocycles. The molecule has 0 saturated carbocycles. The molecular formula is C29H26FN5O2S.